The molecule has 0 bridgehead atoms. The van der Waals surface area contributed by atoms with E-state index in [1.165, 1.54) is 24.3 Å². The Labute approximate surface area is 343 Å². The second kappa shape index (κ2) is 17.4. The number of hydrogen-bond acceptors (Lipinski definition) is 25. The third kappa shape index (κ3) is 9.80. The first-order valence-corrected chi connectivity index (χ1v) is 21.2. The minimum atomic E-state index is -5.35. The van der Waals surface area contributed by atoms with Gasteiger partial charge in [-0.25, -0.2) is 10.5 Å². The van der Waals surface area contributed by atoms with Gasteiger partial charge in [0.2, 0.25) is 17.8 Å². The number of aromatic nitrogens is 3. The van der Waals surface area contributed by atoms with Crippen LogP contribution in [0.1, 0.15) is 0 Å². The van der Waals surface area contributed by atoms with Crippen LogP contribution < -0.4 is 16.8 Å². The van der Waals surface area contributed by atoms with Gasteiger partial charge in [0.25, 0.3) is 30.4 Å². The van der Waals surface area contributed by atoms with Crippen LogP contribution in [0, 0.1) is 0 Å². The number of anilines is 4. The highest BCUT2D eigenvalue weighted by atomic mass is 32.2. The van der Waals surface area contributed by atoms with Gasteiger partial charge in [0.1, 0.15) is 21.2 Å². The zero-order valence-corrected chi connectivity index (χ0v) is 33.0. The summed E-state index contributed by atoms with van der Waals surface area (Å²) in [5.41, 5.74) is 9.40. The smallest absolute Gasteiger partial charge is 0.296 e. The second-order valence-corrected chi connectivity index (χ2v) is 17.1. The number of nitrogens with zero attached hydrogens (tertiary/aromatic N) is 7. The molecule has 6 rings (SSSR count). The molecular weight excluding hydrogens is 905 g/mol. The van der Waals surface area contributed by atoms with Gasteiger partial charge in [-0.05, 0) is 53.9 Å². The van der Waals surface area contributed by atoms with Crippen molar-refractivity contribution in [2.75, 3.05) is 16.8 Å². The molecule has 0 aliphatic rings. The number of nitrogens with one attached hydrogen (secondary N) is 1. The molecule has 0 amide bonds. The number of phenols is 1. The van der Waals surface area contributed by atoms with Gasteiger partial charge in [0.05, 0.1) is 56.3 Å². The minimum absolute atomic E-state index is 0.131. The predicted molar refractivity (Wildman–Crippen MR) is 207 cm³/mol. The highest BCUT2D eigenvalue weighted by Gasteiger charge is 2.28. The lowest BCUT2D eigenvalue weighted by Gasteiger charge is -2.17. The van der Waals surface area contributed by atoms with Crippen molar-refractivity contribution in [1.29, 1.82) is 0 Å². The normalized spacial score (nSPS) is 12.6. The largest absolute Gasteiger partial charge is 0.505 e. The third-order valence-electron chi connectivity index (χ3n) is 7.60. The Kier molecular flexibility index (Phi) is 12.7. The number of nitrogens with two attached hydrogens (primary N) is 2. The molecule has 11 N–H and O–H groups in total. The number of azo groups is 2. The maximum Gasteiger partial charge on any atom is 0.296 e. The summed E-state index contributed by atoms with van der Waals surface area (Å²) in [6, 6.07) is 12.7. The third-order valence-corrected chi connectivity index (χ3v) is 11.4. The maximum atomic E-state index is 13.1. The van der Waals surface area contributed by atoms with Gasteiger partial charge >= 0.3 is 0 Å². The number of rotatable bonds is 15. The van der Waals surface area contributed by atoms with E-state index in [0.717, 1.165) is 30.3 Å². The van der Waals surface area contributed by atoms with Crippen molar-refractivity contribution in [2.45, 2.75) is 24.5 Å². The van der Waals surface area contributed by atoms with Crippen molar-refractivity contribution >= 4 is 122 Å². The van der Waals surface area contributed by atoms with E-state index in [-0.39, 0.29) is 44.2 Å². The van der Waals surface area contributed by atoms with Crippen LogP contribution in [-0.2, 0) is 49.1 Å². The van der Waals surface area contributed by atoms with Crippen LogP contribution >= 0.6 is 24.1 Å². The summed E-state index contributed by atoms with van der Waals surface area (Å²) < 4.78 is 114. The van der Waals surface area contributed by atoms with Gasteiger partial charge < -0.3 is 21.9 Å². The standard InChI is InChI=1S/C29H22N10O16S5/c30-27-33-28(31)35-29(34-27)32-25-22-12(7-19(57-55-53-42)23(26(22)40)38-36-13-3-1-4-14(9-13)56-54-52-41)8-21(60(49,50)51)24(25)39-37-18-6-2-5-16-17(18)10-15(58(43,44)45)11-20(16)59(46,47)48/h1-11,40-42H,(H,43,44,45)(H,46,47,48)(H,49,50,51)(H5,30,31,32,33,34,35). The Bertz CT molecular complexity index is 3070. The highest BCUT2D eigenvalue weighted by Crippen LogP contribution is 2.51. The summed E-state index contributed by atoms with van der Waals surface area (Å²) in [5, 5.41) is 54.1. The molecule has 5 aromatic carbocycles. The molecule has 0 atom stereocenters. The summed E-state index contributed by atoms with van der Waals surface area (Å²) in [4.78, 5) is 8.64. The monoisotopic (exact) mass is 926 g/mol. The first kappa shape index (κ1) is 43.8. The molecule has 60 heavy (non-hydrogen) atoms. The molecule has 0 saturated carbocycles. The van der Waals surface area contributed by atoms with Gasteiger partial charge in [0.15, 0.2) is 5.75 Å². The fourth-order valence-corrected chi connectivity index (χ4v) is 8.22. The Morgan fingerprint density at radius 2 is 1.32 bits per heavy atom. The number of fused-ring (bicyclic) bond motifs is 2. The van der Waals surface area contributed by atoms with Crippen LogP contribution in [-0.4, -0.2) is 69.5 Å². The van der Waals surface area contributed by atoms with E-state index < -0.39 is 91.4 Å². The topological polar surface area (TPSA) is 413 Å². The molecule has 6 aromatic rings. The summed E-state index contributed by atoms with van der Waals surface area (Å²) >= 11 is 0.848. The fourth-order valence-electron chi connectivity index (χ4n) is 5.31. The molecule has 0 unspecified atom stereocenters. The van der Waals surface area contributed by atoms with E-state index in [9.17, 15) is 44.0 Å². The molecule has 314 valence electrons. The predicted octanol–water partition coefficient (Wildman–Crippen LogP) is 6.22. The molecule has 1 aromatic heterocycles. The van der Waals surface area contributed by atoms with E-state index in [2.05, 4.69) is 59.5 Å². The van der Waals surface area contributed by atoms with Crippen LogP contribution in [0.15, 0.2) is 112 Å². The van der Waals surface area contributed by atoms with E-state index in [0.29, 0.717) is 23.0 Å². The van der Waals surface area contributed by atoms with Crippen molar-refractivity contribution in [2.24, 2.45) is 20.5 Å². The number of phenolic OH excluding ortho intramolecular Hbond substituents is 1. The maximum absolute atomic E-state index is 13.1. The van der Waals surface area contributed by atoms with E-state index in [1.54, 1.807) is 6.07 Å². The number of benzene rings is 5. The first-order chi connectivity index (χ1) is 28.3. The van der Waals surface area contributed by atoms with E-state index >= 15 is 0 Å². The van der Waals surface area contributed by atoms with Crippen LogP contribution in [0.4, 0.5) is 46.3 Å². The van der Waals surface area contributed by atoms with Crippen molar-refractivity contribution in [3.05, 3.63) is 66.7 Å². The lowest BCUT2D eigenvalue weighted by Crippen LogP contribution is -2.08. The van der Waals surface area contributed by atoms with Gasteiger partial charge in [-0.2, -0.15) is 45.3 Å². The average molecular weight is 927 g/mol. The van der Waals surface area contributed by atoms with Crippen molar-refractivity contribution in [1.82, 2.24) is 15.0 Å². The molecule has 0 spiro atoms. The van der Waals surface area contributed by atoms with Crippen molar-refractivity contribution in [3.63, 3.8) is 0 Å². The molecule has 1 heterocycles. The first-order valence-electron chi connectivity index (χ1n) is 15.4. The molecular formula is C29H22N10O16S5. The average Bonchev–Trinajstić information content (AvgIpc) is 3.16. The van der Waals surface area contributed by atoms with Crippen molar-refractivity contribution < 1.29 is 73.3 Å². The Morgan fingerprint density at radius 3 is 1.97 bits per heavy atom. The minimum Gasteiger partial charge on any atom is -0.505 e. The summed E-state index contributed by atoms with van der Waals surface area (Å²) in [7, 11) is -15.6. The molecule has 0 radical (unpaired) electrons. The molecule has 0 fully saturated rings. The van der Waals surface area contributed by atoms with Crippen LogP contribution in [0.25, 0.3) is 21.5 Å². The lowest BCUT2D eigenvalue weighted by atomic mass is 10.0. The summed E-state index contributed by atoms with van der Waals surface area (Å²) in [5.74, 6) is -2.22. The van der Waals surface area contributed by atoms with E-state index in [4.69, 9.17) is 22.0 Å². The summed E-state index contributed by atoms with van der Waals surface area (Å²) in [6.45, 7) is 0. The van der Waals surface area contributed by atoms with Crippen LogP contribution in [0.3, 0.4) is 0 Å². The second-order valence-electron chi connectivity index (χ2n) is 11.3. The van der Waals surface area contributed by atoms with Crippen LogP contribution in [0.2, 0.25) is 0 Å². The molecule has 31 heteroatoms. The van der Waals surface area contributed by atoms with Crippen LogP contribution in [0.5, 0.6) is 5.75 Å². The summed E-state index contributed by atoms with van der Waals surface area (Å²) in [6.07, 6.45) is 0. The van der Waals surface area contributed by atoms with Gasteiger partial charge in [-0.15, -0.1) is 24.0 Å². The zero-order chi connectivity index (χ0) is 43.6. The SMILES string of the molecule is Nc1nc(N)nc(Nc2c(N=Nc3cccc4c(S(=O)(=O)O)cc(S(=O)(=O)O)cc34)c(S(=O)(=O)O)cc3cc(SOOO)c(N=Nc4cccc(SOOO)c4)c(O)c23)n1. The molecule has 26 nitrogen and oxygen atoms in total. The molecule has 0 saturated heterocycles. The highest BCUT2D eigenvalue weighted by molar-refractivity contribution is 7.95. The lowest BCUT2D eigenvalue weighted by molar-refractivity contribution is -0.432. The molecule has 0 aliphatic heterocycles. The number of nitrogen functional groups attached to an aromatic ring is 2. The zero-order valence-electron chi connectivity index (χ0n) is 28.9. The number of aromatic hydroxyl groups is 1. The number of hydrogen-bond donors (Lipinski definition) is 9. The fraction of sp³-hybridized carbons (Fsp3) is 0. The Hall–Kier alpha value is -5.78. The Balaban J connectivity index is 1.68. The quantitative estimate of drug-likeness (QED) is 0.0181. The molecule has 0 aliphatic carbocycles. The van der Waals surface area contributed by atoms with Crippen molar-refractivity contribution in [3.8, 4) is 5.75 Å². The van der Waals surface area contributed by atoms with Gasteiger partial charge in [-0.1, -0.05) is 28.3 Å². The van der Waals surface area contributed by atoms with Gasteiger partial charge in [-0.3, -0.25) is 13.7 Å². The van der Waals surface area contributed by atoms with E-state index in [1.807, 2.05) is 0 Å². The Morgan fingerprint density at radius 1 is 0.667 bits per heavy atom. The van der Waals surface area contributed by atoms with Gasteiger partial charge in [0, 0.05) is 15.7 Å².